The Hall–Kier alpha value is -1.55. The lowest BCUT2D eigenvalue weighted by Gasteiger charge is -2.29. The second kappa shape index (κ2) is 6.94. The number of benzene rings is 1. The summed E-state index contributed by atoms with van der Waals surface area (Å²) in [5, 5.41) is 6.44. The van der Waals surface area contributed by atoms with E-state index in [1.54, 1.807) is 0 Å². The van der Waals surface area contributed by atoms with Crippen molar-refractivity contribution in [3.63, 3.8) is 0 Å². The van der Waals surface area contributed by atoms with Crippen molar-refractivity contribution in [3.8, 4) is 0 Å². The Morgan fingerprint density at radius 2 is 1.90 bits per heavy atom. The number of hydrogen-bond acceptors (Lipinski definition) is 3. The van der Waals surface area contributed by atoms with Crippen LogP contribution in [0, 0.1) is 0 Å². The van der Waals surface area contributed by atoms with Crippen LogP contribution in [-0.4, -0.2) is 31.6 Å². The third-order valence-electron chi connectivity index (χ3n) is 4.52. The topological polar surface area (TPSA) is 44.4 Å². The molecule has 0 radical (unpaired) electrons. The molecule has 1 aromatic carbocycles. The minimum atomic E-state index is 0.180. The first kappa shape index (κ1) is 14.4. The fourth-order valence-corrected chi connectivity index (χ4v) is 3.15. The van der Waals surface area contributed by atoms with Crippen LogP contribution in [0.5, 0.6) is 0 Å². The number of carbonyl (C=O) groups is 1. The number of carbonyl (C=O) groups excluding carboxylic acids is 1. The molecular weight excluding hydrogens is 262 g/mol. The van der Waals surface area contributed by atoms with Crippen molar-refractivity contribution in [1.29, 1.82) is 0 Å². The molecule has 0 spiro atoms. The van der Waals surface area contributed by atoms with Crippen molar-refractivity contribution in [1.82, 2.24) is 10.6 Å². The highest BCUT2D eigenvalue weighted by Gasteiger charge is 2.17. The van der Waals surface area contributed by atoms with E-state index in [1.807, 2.05) is 0 Å². The number of nitrogens with one attached hydrogen (secondary N) is 2. The average Bonchev–Trinajstić information content (AvgIpc) is 2.56. The largest absolute Gasteiger partial charge is 0.372 e. The lowest BCUT2D eigenvalue weighted by molar-refractivity contribution is -0.122. The Bertz CT molecular complexity index is 455. The first-order valence-electron chi connectivity index (χ1n) is 8.15. The van der Waals surface area contributed by atoms with Gasteiger partial charge in [-0.15, -0.1) is 0 Å². The summed E-state index contributed by atoms with van der Waals surface area (Å²) in [6.45, 7) is 4.02. The first-order chi connectivity index (χ1) is 10.3. The van der Waals surface area contributed by atoms with Crippen LogP contribution in [0.2, 0.25) is 0 Å². The molecule has 2 heterocycles. The lowest BCUT2D eigenvalue weighted by atomic mass is 10.1. The molecule has 4 heteroatoms. The smallest absolute Gasteiger partial charge is 0.220 e. The number of amides is 1. The predicted octanol–water partition coefficient (Wildman–Crippen LogP) is 2.05. The molecule has 1 unspecified atom stereocenters. The highest BCUT2D eigenvalue weighted by Crippen LogP contribution is 2.20. The summed E-state index contributed by atoms with van der Waals surface area (Å²) >= 11 is 0. The quantitative estimate of drug-likeness (QED) is 0.891. The van der Waals surface area contributed by atoms with Gasteiger partial charge in [0.1, 0.15) is 0 Å². The Balaban J connectivity index is 1.49. The molecule has 3 rings (SSSR count). The summed E-state index contributed by atoms with van der Waals surface area (Å²) in [6, 6.07) is 9.33. The number of nitrogens with zero attached hydrogens (tertiary/aromatic N) is 1. The van der Waals surface area contributed by atoms with Crippen molar-refractivity contribution in [3.05, 3.63) is 29.8 Å². The van der Waals surface area contributed by atoms with Crippen molar-refractivity contribution >= 4 is 11.6 Å². The van der Waals surface area contributed by atoms with Crippen LogP contribution in [0.25, 0.3) is 0 Å². The van der Waals surface area contributed by atoms with Gasteiger partial charge in [-0.1, -0.05) is 12.1 Å². The van der Waals surface area contributed by atoms with Gasteiger partial charge in [0.15, 0.2) is 0 Å². The summed E-state index contributed by atoms with van der Waals surface area (Å²) in [5.41, 5.74) is 2.66. The van der Waals surface area contributed by atoms with E-state index in [1.165, 1.54) is 43.6 Å². The molecule has 2 saturated heterocycles. The van der Waals surface area contributed by atoms with E-state index in [0.29, 0.717) is 12.5 Å². The van der Waals surface area contributed by atoms with E-state index in [0.717, 1.165) is 19.5 Å². The standard InChI is InChI=1S/C17H25N3O/c21-17-9-6-15(13-19-17)18-12-14-4-7-16(8-5-14)20-10-2-1-3-11-20/h4-5,7-8,15,18H,1-3,6,9-13H2,(H,19,21). The van der Waals surface area contributed by atoms with E-state index in [9.17, 15) is 4.79 Å². The summed E-state index contributed by atoms with van der Waals surface area (Å²) in [6.07, 6.45) is 5.59. The summed E-state index contributed by atoms with van der Waals surface area (Å²) in [4.78, 5) is 13.6. The van der Waals surface area contributed by atoms with Crippen LogP contribution >= 0.6 is 0 Å². The maximum Gasteiger partial charge on any atom is 0.220 e. The highest BCUT2D eigenvalue weighted by atomic mass is 16.1. The Morgan fingerprint density at radius 3 is 2.57 bits per heavy atom. The first-order valence-corrected chi connectivity index (χ1v) is 8.15. The second-order valence-electron chi connectivity index (χ2n) is 6.13. The summed E-state index contributed by atoms with van der Waals surface area (Å²) < 4.78 is 0. The minimum absolute atomic E-state index is 0.180. The van der Waals surface area contributed by atoms with Crippen molar-refractivity contribution in [2.24, 2.45) is 0 Å². The molecule has 0 bridgehead atoms. The normalized spacial score (nSPS) is 23.0. The molecule has 0 saturated carbocycles. The molecule has 1 amide bonds. The van der Waals surface area contributed by atoms with Gasteiger partial charge in [0.25, 0.3) is 0 Å². The Kier molecular flexibility index (Phi) is 4.76. The molecule has 21 heavy (non-hydrogen) atoms. The average molecular weight is 287 g/mol. The van der Waals surface area contributed by atoms with Gasteiger partial charge in [-0.25, -0.2) is 0 Å². The molecule has 2 aliphatic heterocycles. The van der Waals surface area contributed by atoms with Gasteiger partial charge in [-0.2, -0.15) is 0 Å². The van der Waals surface area contributed by atoms with Gasteiger partial charge < -0.3 is 15.5 Å². The van der Waals surface area contributed by atoms with Gasteiger partial charge in [0, 0.05) is 44.3 Å². The molecule has 4 nitrogen and oxygen atoms in total. The Labute approximate surface area is 126 Å². The van der Waals surface area contributed by atoms with Crippen molar-refractivity contribution in [2.45, 2.75) is 44.7 Å². The third kappa shape index (κ3) is 3.97. The van der Waals surface area contributed by atoms with E-state index in [-0.39, 0.29) is 5.91 Å². The van der Waals surface area contributed by atoms with Gasteiger partial charge in [-0.05, 0) is 43.4 Å². The molecule has 1 aromatic rings. The predicted molar refractivity (Wildman–Crippen MR) is 85.4 cm³/mol. The zero-order valence-corrected chi connectivity index (χ0v) is 12.6. The van der Waals surface area contributed by atoms with Crippen LogP contribution in [0.15, 0.2) is 24.3 Å². The SMILES string of the molecule is O=C1CCC(NCc2ccc(N3CCCCC3)cc2)CN1. The van der Waals surface area contributed by atoms with Gasteiger partial charge in [0.05, 0.1) is 0 Å². The number of rotatable bonds is 4. The lowest BCUT2D eigenvalue weighted by Crippen LogP contribution is -2.45. The van der Waals surface area contributed by atoms with E-state index < -0.39 is 0 Å². The highest BCUT2D eigenvalue weighted by molar-refractivity contribution is 5.76. The zero-order chi connectivity index (χ0) is 14.5. The molecule has 114 valence electrons. The minimum Gasteiger partial charge on any atom is -0.372 e. The van der Waals surface area contributed by atoms with Gasteiger partial charge in [-0.3, -0.25) is 4.79 Å². The second-order valence-corrected chi connectivity index (χ2v) is 6.13. The maximum absolute atomic E-state index is 11.1. The molecule has 2 aliphatic rings. The van der Waals surface area contributed by atoms with Crippen molar-refractivity contribution < 1.29 is 4.79 Å². The van der Waals surface area contributed by atoms with Crippen LogP contribution < -0.4 is 15.5 Å². The van der Waals surface area contributed by atoms with Crippen molar-refractivity contribution in [2.75, 3.05) is 24.5 Å². The third-order valence-corrected chi connectivity index (χ3v) is 4.52. The van der Waals surface area contributed by atoms with Crippen LogP contribution in [0.4, 0.5) is 5.69 Å². The number of hydrogen-bond donors (Lipinski definition) is 2. The van der Waals surface area contributed by atoms with Crippen LogP contribution in [-0.2, 0) is 11.3 Å². The van der Waals surface area contributed by atoms with Crippen LogP contribution in [0.3, 0.4) is 0 Å². The zero-order valence-electron chi connectivity index (χ0n) is 12.6. The van der Waals surface area contributed by atoms with E-state index >= 15 is 0 Å². The Morgan fingerprint density at radius 1 is 1.14 bits per heavy atom. The van der Waals surface area contributed by atoms with E-state index in [4.69, 9.17) is 0 Å². The van der Waals surface area contributed by atoms with Gasteiger partial charge >= 0.3 is 0 Å². The molecule has 0 aromatic heterocycles. The monoisotopic (exact) mass is 287 g/mol. The molecule has 2 fully saturated rings. The maximum atomic E-state index is 11.1. The van der Waals surface area contributed by atoms with Gasteiger partial charge in [0.2, 0.25) is 5.91 Å². The summed E-state index contributed by atoms with van der Waals surface area (Å²) in [5.74, 6) is 0.180. The molecule has 2 N–H and O–H groups in total. The molecule has 1 atom stereocenters. The number of piperidine rings is 2. The van der Waals surface area contributed by atoms with Crippen LogP contribution in [0.1, 0.15) is 37.7 Å². The molecular formula is C17H25N3O. The molecule has 0 aliphatic carbocycles. The fraction of sp³-hybridized carbons (Fsp3) is 0.588. The fourth-order valence-electron chi connectivity index (χ4n) is 3.15. The van der Waals surface area contributed by atoms with E-state index in [2.05, 4.69) is 39.8 Å². The summed E-state index contributed by atoms with van der Waals surface area (Å²) in [7, 11) is 0. The number of anilines is 1.